The van der Waals surface area contributed by atoms with Crippen LogP contribution < -0.4 is 20.3 Å². The van der Waals surface area contributed by atoms with Crippen LogP contribution in [0.15, 0.2) is 42.5 Å². The van der Waals surface area contributed by atoms with Crippen molar-refractivity contribution < 1.29 is 27.1 Å². The third-order valence-corrected chi connectivity index (χ3v) is 7.73. The Balaban J connectivity index is 1.95. The molecule has 37 heavy (non-hydrogen) atoms. The van der Waals surface area contributed by atoms with E-state index >= 15 is 0 Å². The van der Waals surface area contributed by atoms with Gasteiger partial charge in [0.1, 0.15) is 11.6 Å². The molecule has 2 heterocycles. The van der Waals surface area contributed by atoms with E-state index in [2.05, 4.69) is 20.9 Å². The van der Waals surface area contributed by atoms with Crippen LogP contribution in [-0.2, 0) is 16.4 Å². The number of rotatable bonds is 11. The van der Waals surface area contributed by atoms with E-state index in [4.69, 9.17) is 0 Å². The molecule has 0 saturated carbocycles. The van der Waals surface area contributed by atoms with E-state index in [0.717, 1.165) is 22.5 Å². The number of anilines is 2. The van der Waals surface area contributed by atoms with Crippen molar-refractivity contribution in [2.75, 3.05) is 29.5 Å². The molecule has 1 saturated heterocycles. The van der Waals surface area contributed by atoms with Gasteiger partial charge in [-0.3, -0.25) is 9.10 Å². The molecule has 3 rings (SSSR count). The summed E-state index contributed by atoms with van der Waals surface area (Å²) in [6, 6.07) is 9.14. The van der Waals surface area contributed by atoms with E-state index in [1.807, 2.05) is 19.9 Å². The van der Waals surface area contributed by atoms with Crippen LogP contribution in [0.4, 0.5) is 20.4 Å². The highest BCUT2D eigenvalue weighted by Crippen LogP contribution is 2.31. The number of nitrogens with zero attached hydrogens (tertiary/aromatic N) is 2. The largest absolute Gasteiger partial charge is 0.389 e. The predicted octanol–water partition coefficient (Wildman–Crippen LogP) is 2.39. The van der Waals surface area contributed by atoms with Crippen molar-refractivity contribution in [2.24, 2.45) is 0 Å². The van der Waals surface area contributed by atoms with E-state index in [1.54, 1.807) is 24.3 Å². The molecule has 1 fully saturated rings. The van der Waals surface area contributed by atoms with Crippen LogP contribution in [0.25, 0.3) is 0 Å². The average Bonchev–Trinajstić information content (AvgIpc) is 3.21. The molecule has 1 aromatic carbocycles. The van der Waals surface area contributed by atoms with Crippen LogP contribution in [0.3, 0.4) is 0 Å². The van der Waals surface area contributed by atoms with Crippen LogP contribution in [0.5, 0.6) is 0 Å². The summed E-state index contributed by atoms with van der Waals surface area (Å²) in [6.07, 6.45) is -0.106. The van der Waals surface area contributed by atoms with Gasteiger partial charge in [-0.15, -0.1) is 0 Å². The number of benzene rings is 1. The molecule has 9 nitrogen and oxygen atoms in total. The normalized spacial score (nSPS) is 19.6. The lowest BCUT2D eigenvalue weighted by Crippen LogP contribution is -2.56. The Morgan fingerprint density at radius 1 is 1.30 bits per heavy atom. The topological polar surface area (TPSA) is 124 Å². The van der Waals surface area contributed by atoms with Crippen molar-refractivity contribution in [3.05, 3.63) is 53.6 Å². The quantitative estimate of drug-likeness (QED) is 0.346. The smallest absolute Gasteiger partial charge is 0.266 e. The number of amides is 1. The van der Waals surface area contributed by atoms with E-state index in [1.165, 1.54) is 19.2 Å². The van der Waals surface area contributed by atoms with Crippen molar-refractivity contribution in [3.8, 4) is 0 Å². The van der Waals surface area contributed by atoms with Gasteiger partial charge in [0.2, 0.25) is 10.0 Å². The Labute approximate surface area is 216 Å². The molecule has 4 atom stereocenters. The highest BCUT2D eigenvalue weighted by atomic mass is 32.2. The molecule has 0 spiro atoms. The van der Waals surface area contributed by atoms with Crippen LogP contribution in [-0.4, -0.2) is 74.4 Å². The summed E-state index contributed by atoms with van der Waals surface area (Å²) < 4.78 is 54.2. The first-order valence-corrected chi connectivity index (χ1v) is 14.0. The number of carbonyl (C=O) groups is 1. The van der Waals surface area contributed by atoms with Crippen molar-refractivity contribution in [2.45, 2.75) is 63.3 Å². The molecule has 12 heteroatoms. The van der Waals surface area contributed by atoms with E-state index in [-0.39, 0.29) is 36.2 Å². The molecule has 0 radical (unpaired) electrons. The highest BCUT2D eigenvalue weighted by Gasteiger charge is 2.49. The molecule has 204 valence electrons. The lowest BCUT2D eigenvalue weighted by molar-refractivity contribution is -0.0606. The van der Waals surface area contributed by atoms with E-state index in [0.29, 0.717) is 0 Å². The first-order valence-electron chi connectivity index (χ1n) is 12.2. The molecule has 2 aromatic rings. The second-order valence-electron chi connectivity index (χ2n) is 9.49. The number of pyridine rings is 1. The van der Waals surface area contributed by atoms with Crippen molar-refractivity contribution in [1.29, 1.82) is 0 Å². The number of hydrogen-bond acceptors (Lipinski definition) is 7. The first-order chi connectivity index (χ1) is 17.3. The fourth-order valence-corrected chi connectivity index (χ4v) is 4.52. The van der Waals surface area contributed by atoms with Gasteiger partial charge in [-0.2, -0.15) is 0 Å². The number of carbonyl (C=O) groups excluding carboxylic acids is 1. The number of aromatic nitrogens is 1. The fraction of sp³-hybridized carbons (Fsp3) is 0.520. The maximum absolute atomic E-state index is 14.5. The zero-order valence-corrected chi connectivity index (χ0v) is 22.2. The number of nitrogens with one attached hydrogen (secondary N) is 3. The third-order valence-electron chi connectivity index (χ3n) is 6.55. The lowest BCUT2D eigenvalue weighted by Gasteiger charge is -2.31. The lowest BCUT2D eigenvalue weighted by atomic mass is 9.93. The van der Waals surface area contributed by atoms with E-state index < -0.39 is 46.5 Å². The second-order valence-corrected chi connectivity index (χ2v) is 11.5. The number of aliphatic hydroxyl groups excluding tert-OH is 1. The van der Waals surface area contributed by atoms with E-state index in [9.17, 15) is 27.1 Å². The number of halogens is 2. The van der Waals surface area contributed by atoms with Gasteiger partial charge in [0.05, 0.1) is 24.4 Å². The molecular formula is C25H35F2N5O4S. The number of hydrogen-bond donors (Lipinski definition) is 4. The Morgan fingerprint density at radius 2 is 1.97 bits per heavy atom. The van der Waals surface area contributed by atoms with Crippen molar-refractivity contribution >= 4 is 27.6 Å². The van der Waals surface area contributed by atoms with Crippen LogP contribution >= 0.6 is 0 Å². The fourth-order valence-electron chi connectivity index (χ4n) is 4.09. The molecule has 4 N–H and O–H groups in total. The number of sulfonamides is 1. The Kier molecular flexibility index (Phi) is 9.09. The minimum atomic E-state index is -3.67. The van der Waals surface area contributed by atoms with Crippen LogP contribution in [0, 0.1) is 0 Å². The summed E-state index contributed by atoms with van der Waals surface area (Å²) in [5.41, 5.74) is 0.822. The van der Waals surface area contributed by atoms with Gasteiger partial charge in [-0.25, -0.2) is 22.2 Å². The van der Waals surface area contributed by atoms with Gasteiger partial charge in [-0.05, 0) is 37.5 Å². The SMILES string of the molecule is CCC(C)Nc1cc(C(=O)N[C@@H](Cc2ccccc2)[C@H](O)C2NCCC2(F)F)cc(N(C)S(C)(=O)=O)n1. The minimum Gasteiger partial charge on any atom is -0.389 e. The molecule has 2 unspecified atom stereocenters. The van der Waals surface area contributed by atoms with Gasteiger partial charge in [0, 0.05) is 31.6 Å². The minimum absolute atomic E-state index is 0.00877. The van der Waals surface area contributed by atoms with Crippen molar-refractivity contribution in [3.63, 3.8) is 0 Å². The highest BCUT2D eigenvalue weighted by molar-refractivity contribution is 7.92. The zero-order valence-electron chi connectivity index (χ0n) is 21.4. The number of alkyl halides is 2. The van der Waals surface area contributed by atoms with Crippen LogP contribution in [0.1, 0.15) is 42.6 Å². The van der Waals surface area contributed by atoms with Crippen LogP contribution in [0.2, 0.25) is 0 Å². The summed E-state index contributed by atoms with van der Waals surface area (Å²) in [5, 5.41) is 19.5. The van der Waals surface area contributed by atoms with Gasteiger partial charge < -0.3 is 21.1 Å². The molecule has 1 amide bonds. The summed E-state index contributed by atoms with van der Waals surface area (Å²) in [5.74, 6) is -3.48. The monoisotopic (exact) mass is 539 g/mol. The third kappa shape index (κ3) is 7.36. The van der Waals surface area contributed by atoms with Crippen molar-refractivity contribution in [1.82, 2.24) is 15.6 Å². The summed E-state index contributed by atoms with van der Waals surface area (Å²) in [4.78, 5) is 17.7. The Morgan fingerprint density at radius 3 is 2.54 bits per heavy atom. The first kappa shape index (κ1) is 28.7. The van der Waals surface area contributed by atoms with Gasteiger partial charge in [-0.1, -0.05) is 37.3 Å². The summed E-state index contributed by atoms with van der Waals surface area (Å²) >= 11 is 0. The molecule has 1 aliphatic heterocycles. The summed E-state index contributed by atoms with van der Waals surface area (Å²) in [6.45, 7) is 3.92. The Bertz CT molecular complexity index is 1180. The zero-order chi connectivity index (χ0) is 27.4. The predicted molar refractivity (Wildman–Crippen MR) is 140 cm³/mol. The Hall–Kier alpha value is -2.83. The maximum atomic E-state index is 14.5. The van der Waals surface area contributed by atoms with Gasteiger partial charge >= 0.3 is 0 Å². The molecular weight excluding hydrogens is 504 g/mol. The molecule has 1 aromatic heterocycles. The standard InChI is InChI=1S/C25H35F2N5O4S/c1-5-16(2)29-20-14-18(15-21(31-20)32(3)37(4,35)36)24(34)30-19(13-17-9-7-6-8-10-17)22(33)23-25(26,27)11-12-28-23/h6-10,14-16,19,22-23,28,33H,5,11-13H2,1-4H3,(H,29,31)(H,30,34)/t16?,19-,22-,23?/m0/s1. The molecule has 0 aliphatic carbocycles. The maximum Gasteiger partial charge on any atom is 0.266 e. The average molecular weight is 540 g/mol. The van der Waals surface area contributed by atoms with Gasteiger partial charge in [0.15, 0.2) is 0 Å². The van der Waals surface area contributed by atoms with Gasteiger partial charge in [0.25, 0.3) is 11.8 Å². The second kappa shape index (κ2) is 11.7. The number of aliphatic hydroxyl groups is 1. The molecule has 0 bridgehead atoms. The summed E-state index contributed by atoms with van der Waals surface area (Å²) in [7, 11) is -2.35. The molecule has 1 aliphatic rings.